The molecule has 1 unspecified atom stereocenters. The number of rotatable bonds is 3. The first-order valence-corrected chi connectivity index (χ1v) is 7.01. The van der Waals surface area contributed by atoms with Crippen molar-refractivity contribution >= 4 is 27.6 Å². The quantitative estimate of drug-likeness (QED) is 0.783. The molecule has 0 radical (unpaired) electrons. The Labute approximate surface area is 119 Å². The molecule has 3 rings (SSSR count). The van der Waals surface area contributed by atoms with Gasteiger partial charge in [0, 0.05) is 6.07 Å². The maximum absolute atomic E-state index is 13.1. The fourth-order valence-electron chi connectivity index (χ4n) is 1.92. The molecule has 0 aliphatic carbocycles. The summed E-state index contributed by atoms with van der Waals surface area (Å²) in [5.74, 6) is -0.289. The highest BCUT2D eigenvalue weighted by molar-refractivity contribution is 7.19. The van der Waals surface area contributed by atoms with E-state index in [1.807, 2.05) is 30.3 Å². The van der Waals surface area contributed by atoms with Crippen LogP contribution >= 0.6 is 11.3 Å². The molecule has 0 aliphatic rings. The van der Waals surface area contributed by atoms with Gasteiger partial charge in [0.2, 0.25) is 0 Å². The highest BCUT2D eigenvalue weighted by atomic mass is 32.1. The number of aromatic nitrogens is 1. The lowest BCUT2D eigenvalue weighted by Crippen LogP contribution is -1.91. The normalized spacial score (nSPS) is 13.1. The van der Waals surface area contributed by atoms with Crippen molar-refractivity contribution in [2.24, 2.45) is 0 Å². The minimum absolute atomic E-state index is 0.289. The van der Waals surface area contributed by atoms with E-state index in [9.17, 15) is 9.50 Å². The third-order valence-electron chi connectivity index (χ3n) is 2.93. The molecule has 0 spiro atoms. The summed E-state index contributed by atoms with van der Waals surface area (Å²) in [6.45, 7) is 0. The predicted octanol–water partition coefficient (Wildman–Crippen LogP) is 4.18. The molecule has 2 nitrogen and oxygen atoms in total. The van der Waals surface area contributed by atoms with Crippen LogP contribution in [-0.2, 0) is 0 Å². The Morgan fingerprint density at radius 1 is 1.15 bits per heavy atom. The van der Waals surface area contributed by atoms with Gasteiger partial charge in [0.1, 0.15) is 10.8 Å². The summed E-state index contributed by atoms with van der Waals surface area (Å²) < 4.78 is 14.0. The van der Waals surface area contributed by atoms with E-state index in [1.54, 1.807) is 18.2 Å². The van der Waals surface area contributed by atoms with Gasteiger partial charge in [0.25, 0.3) is 0 Å². The molecule has 2 aromatic carbocycles. The molecule has 4 heteroatoms. The van der Waals surface area contributed by atoms with Crippen LogP contribution in [0.4, 0.5) is 4.39 Å². The summed E-state index contributed by atoms with van der Waals surface area (Å²) in [7, 11) is 0. The Balaban J connectivity index is 1.83. The van der Waals surface area contributed by atoms with Gasteiger partial charge in [0.05, 0.1) is 16.3 Å². The molecule has 0 aliphatic heterocycles. The van der Waals surface area contributed by atoms with Crippen LogP contribution in [0.5, 0.6) is 0 Å². The van der Waals surface area contributed by atoms with Gasteiger partial charge in [0.15, 0.2) is 0 Å². The first-order chi connectivity index (χ1) is 9.72. The SMILES string of the molecule is OC(C=Cc1nc2cc(F)ccc2s1)c1ccccc1. The van der Waals surface area contributed by atoms with Crippen LogP contribution < -0.4 is 0 Å². The smallest absolute Gasteiger partial charge is 0.125 e. The molecule has 1 aromatic heterocycles. The summed E-state index contributed by atoms with van der Waals surface area (Å²) >= 11 is 1.47. The number of hydrogen-bond acceptors (Lipinski definition) is 3. The summed E-state index contributed by atoms with van der Waals surface area (Å²) in [6.07, 6.45) is 2.78. The fourth-order valence-corrected chi connectivity index (χ4v) is 2.79. The van der Waals surface area contributed by atoms with Crippen molar-refractivity contribution in [1.82, 2.24) is 4.98 Å². The Morgan fingerprint density at radius 2 is 1.95 bits per heavy atom. The van der Waals surface area contributed by atoms with Gasteiger partial charge in [-0.2, -0.15) is 0 Å². The number of benzene rings is 2. The van der Waals surface area contributed by atoms with E-state index in [0.29, 0.717) is 5.52 Å². The van der Waals surface area contributed by atoms with Crippen LogP contribution in [0.1, 0.15) is 16.7 Å². The van der Waals surface area contributed by atoms with Crippen molar-refractivity contribution in [3.05, 3.63) is 71.0 Å². The number of nitrogens with zero attached hydrogens (tertiary/aromatic N) is 1. The fraction of sp³-hybridized carbons (Fsp3) is 0.0625. The van der Waals surface area contributed by atoms with Crippen molar-refractivity contribution in [3.8, 4) is 0 Å². The number of halogens is 1. The standard InChI is InChI=1S/C16H12FNOS/c17-12-6-8-15-13(10-12)18-16(20-15)9-7-14(19)11-4-2-1-3-5-11/h1-10,14,19H. The van der Waals surface area contributed by atoms with E-state index in [-0.39, 0.29) is 5.82 Å². The van der Waals surface area contributed by atoms with Crippen molar-refractivity contribution in [3.63, 3.8) is 0 Å². The molecule has 0 bridgehead atoms. The Kier molecular flexibility index (Phi) is 3.58. The van der Waals surface area contributed by atoms with Crippen molar-refractivity contribution in [2.75, 3.05) is 0 Å². The van der Waals surface area contributed by atoms with Crippen LogP contribution in [0.15, 0.2) is 54.6 Å². The molecule has 20 heavy (non-hydrogen) atoms. The average molecular weight is 285 g/mol. The van der Waals surface area contributed by atoms with E-state index < -0.39 is 6.10 Å². The zero-order valence-corrected chi connectivity index (χ0v) is 11.3. The van der Waals surface area contributed by atoms with Gasteiger partial charge in [-0.15, -0.1) is 11.3 Å². The number of thiazole rings is 1. The van der Waals surface area contributed by atoms with Crippen molar-refractivity contribution in [1.29, 1.82) is 0 Å². The van der Waals surface area contributed by atoms with E-state index in [4.69, 9.17) is 0 Å². The number of hydrogen-bond donors (Lipinski definition) is 1. The van der Waals surface area contributed by atoms with E-state index in [2.05, 4.69) is 4.98 Å². The maximum Gasteiger partial charge on any atom is 0.125 e. The Hall–Kier alpha value is -2.04. The Morgan fingerprint density at radius 3 is 2.75 bits per heavy atom. The number of aliphatic hydroxyl groups excluding tert-OH is 1. The molecule has 3 aromatic rings. The summed E-state index contributed by atoms with van der Waals surface area (Å²) in [5.41, 5.74) is 1.47. The third kappa shape index (κ3) is 2.76. The van der Waals surface area contributed by atoms with Crippen LogP contribution in [0.2, 0.25) is 0 Å². The molecule has 1 N–H and O–H groups in total. The molecule has 100 valence electrons. The molecular formula is C16H12FNOS. The molecule has 1 atom stereocenters. The average Bonchev–Trinajstić information content (AvgIpc) is 2.87. The molecule has 1 heterocycles. The number of aliphatic hydroxyl groups is 1. The third-order valence-corrected chi connectivity index (χ3v) is 3.93. The van der Waals surface area contributed by atoms with Gasteiger partial charge in [-0.25, -0.2) is 9.37 Å². The highest BCUT2D eigenvalue weighted by Crippen LogP contribution is 2.24. The van der Waals surface area contributed by atoms with Gasteiger partial charge >= 0.3 is 0 Å². The minimum Gasteiger partial charge on any atom is -0.384 e. The van der Waals surface area contributed by atoms with Gasteiger partial charge < -0.3 is 5.11 Å². The van der Waals surface area contributed by atoms with Crippen molar-refractivity contribution < 1.29 is 9.50 Å². The first kappa shape index (κ1) is 13.0. The monoisotopic (exact) mass is 285 g/mol. The van der Waals surface area contributed by atoms with Crippen LogP contribution in [0.25, 0.3) is 16.3 Å². The zero-order chi connectivity index (χ0) is 13.9. The highest BCUT2D eigenvalue weighted by Gasteiger charge is 2.05. The second kappa shape index (κ2) is 5.53. The lowest BCUT2D eigenvalue weighted by atomic mass is 10.1. The first-order valence-electron chi connectivity index (χ1n) is 6.20. The summed E-state index contributed by atoms with van der Waals surface area (Å²) in [5, 5.41) is 10.8. The lowest BCUT2D eigenvalue weighted by Gasteiger charge is -2.04. The molecule has 0 saturated heterocycles. The molecule has 0 amide bonds. The van der Waals surface area contributed by atoms with Crippen LogP contribution in [-0.4, -0.2) is 10.1 Å². The second-order valence-corrected chi connectivity index (χ2v) is 5.44. The minimum atomic E-state index is -0.667. The van der Waals surface area contributed by atoms with Crippen LogP contribution in [0, 0.1) is 5.82 Å². The molecular weight excluding hydrogens is 273 g/mol. The van der Waals surface area contributed by atoms with Gasteiger partial charge in [-0.05, 0) is 29.8 Å². The second-order valence-electron chi connectivity index (χ2n) is 4.38. The zero-order valence-electron chi connectivity index (χ0n) is 10.5. The summed E-state index contributed by atoms with van der Waals surface area (Å²) in [6, 6.07) is 13.9. The largest absolute Gasteiger partial charge is 0.384 e. The van der Waals surface area contributed by atoms with E-state index in [0.717, 1.165) is 15.3 Å². The van der Waals surface area contributed by atoms with Crippen molar-refractivity contribution in [2.45, 2.75) is 6.10 Å². The van der Waals surface area contributed by atoms with Crippen LogP contribution in [0.3, 0.4) is 0 Å². The van der Waals surface area contributed by atoms with E-state index in [1.165, 1.54) is 23.5 Å². The maximum atomic E-state index is 13.1. The summed E-state index contributed by atoms with van der Waals surface area (Å²) in [4.78, 5) is 4.32. The topological polar surface area (TPSA) is 33.1 Å². The van der Waals surface area contributed by atoms with E-state index >= 15 is 0 Å². The predicted molar refractivity (Wildman–Crippen MR) is 80.0 cm³/mol. The number of fused-ring (bicyclic) bond motifs is 1. The van der Waals surface area contributed by atoms with Gasteiger partial charge in [-0.1, -0.05) is 30.3 Å². The van der Waals surface area contributed by atoms with Gasteiger partial charge in [-0.3, -0.25) is 0 Å². The Bertz CT molecular complexity index is 752. The molecule has 0 fully saturated rings. The molecule has 0 saturated carbocycles. The lowest BCUT2D eigenvalue weighted by molar-refractivity contribution is 0.229.